The first-order valence-electron chi connectivity index (χ1n) is 10.7. The molecule has 0 amide bonds. The minimum absolute atomic E-state index is 0.178. The largest absolute Gasteiger partial charge is 0.507 e. The Morgan fingerprint density at radius 2 is 1.84 bits per heavy atom. The zero-order chi connectivity index (χ0) is 21.4. The Hall–Kier alpha value is -3.26. The van der Waals surface area contributed by atoms with Gasteiger partial charge in [0.05, 0.1) is 19.0 Å². The molecule has 8 nitrogen and oxygen atoms in total. The maximum Gasteiger partial charge on any atom is 0.217 e. The zero-order valence-corrected chi connectivity index (χ0v) is 17.8. The number of aliphatic imine (C=N–C) groups is 1. The number of benzene rings is 1. The van der Waals surface area contributed by atoms with Crippen LogP contribution in [0.1, 0.15) is 18.4 Å². The molecule has 1 saturated carbocycles. The van der Waals surface area contributed by atoms with E-state index in [1.54, 1.807) is 25.6 Å². The van der Waals surface area contributed by atoms with Crippen molar-refractivity contribution >= 4 is 11.7 Å². The lowest BCUT2D eigenvalue weighted by Crippen LogP contribution is -2.50. The first-order valence-corrected chi connectivity index (χ1v) is 10.7. The van der Waals surface area contributed by atoms with E-state index in [1.807, 2.05) is 24.3 Å². The normalized spacial score (nSPS) is 24.5. The summed E-state index contributed by atoms with van der Waals surface area (Å²) in [6.07, 6.45) is 5.86. The second-order valence-electron chi connectivity index (χ2n) is 8.48. The van der Waals surface area contributed by atoms with Gasteiger partial charge in [0, 0.05) is 30.9 Å². The fraction of sp³-hybridized carbons (Fsp3) is 0.391. The van der Waals surface area contributed by atoms with Crippen LogP contribution in [0.3, 0.4) is 0 Å². The molecule has 8 heteroatoms. The SMILES string of the molecule is COc1cc(-c2ccc(C3=CN=C(N(C)C4C[C@H]5CNC[C@H]5C4)NN3)c(O)c2)ccn1. The number of methoxy groups -OCH3 is 1. The third-order valence-electron chi connectivity index (χ3n) is 6.70. The monoisotopic (exact) mass is 420 g/mol. The molecule has 0 bridgehead atoms. The zero-order valence-electron chi connectivity index (χ0n) is 17.8. The lowest BCUT2D eigenvalue weighted by molar-refractivity contribution is 0.338. The van der Waals surface area contributed by atoms with Crippen molar-refractivity contribution in [3.63, 3.8) is 0 Å². The van der Waals surface area contributed by atoms with Crippen LogP contribution in [0.25, 0.3) is 16.8 Å². The van der Waals surface area contributed by atoms with Crippen molar-refractivity contribution in [2.75, 3.05) is 27.2 Å². The van der Waals surface area contributed by atoms with Gasteiger partial charge < -0.3 is 20.1 Å². The summed E-state index contributed by atoms with van der Waals surface area (Å²) >= 11 is 0. The molecule has 2 aromatic rings. The van der Waals surface area contributed by atoms with Crippen LogP contribution in [0.4, 0.5) is 0 Å². The maximum absolute atomic E-state index is 10.7. The number of rotatable bonds is 4. The Balaban J connectivity index is 1.31. The Kier molecular flexibility index (Phi) is 5.15. The molecule has 5 rings (SSSR count). The Morgan fingerprint density at radius 1 is 1.06 bits per heavy atom. The van der Waals surface area contributed by atoms with E-state index in [0.717, 1.165) is 47.7 Å². The average Bonchev–Trinajstić information content (AvgIpc) is 3.41. The summed E-state index contributed by atoms with van der Waals surface area (Å²) in [7, 11) is 3.68. The van der Waals surface area contributed by atoms with Crippen LogP contribution in [-0.4, -0.2) is 54.2 Å². The molecule has 1 aromatic heterocycles. The molecule has 0 radical (unpaired) electrons. The molecule has 3 heterocycles. The van der Waals surface area contributed by atoms with Crippen LogP contribution in [0.2, 0.25) is 0 Å². The predicted molar refractivity (Wildman–Crippen MR) is 120 cm³/mol. The second kappa shape index (κ2) is 8.11. The van der Waals surface area contributed by atoms with Crippen LogP contribution in [0.5, 0.6) is 11.6 Å². The van der Waals surface area contributed by atoms with Gasteiger partial charge in [-0.3, -0.25) is 10.9 Å². The van der Waals surface area contributed by atoms with Gasteiger partial charge in [-0.1, -0.05) is 6.07 Å². The highest BCUT2D eigenvalue weighted by Crippen LogP contribution is 2.37. The van der Waals surface area contributed by atoms with E-state index in [2.05, 4.69) is 38.1 Å². The third-order valence-corrected chi connectivity index (χ3v) is 6.70. The molecule has 2 fully saturated rings. The van der Waals surface area contributed by atoms with E-state index >= 15 is 0 Å². The van der Waals surface area contributed by atoms with Crippen molar-refractivity contribution in [2.24, 2.45) is 16.8 Å². The molecule has 1 saturated heterocycles. The van der Waals surface area contributed by atoms with Crippen molar-refractivity contribution in [3.05, 3.63) is 48.3 Å². The smallest absolute Gasteiger partial charge is 0.217 e. The van der Waals surface area contributed by atoms with E-state index in [4.69, 9.17) is 4.74 Å². The highest BCUT2D eigenvalue weighted by Gasteiger charge is 2.39. The number of phenolic OH excluding ortho intramolecular Hbond substituents is 1. The number of aromatic nitrogens is 1. The molecular formula is C23H28N6O2. The van der Waals surface area contributed by atoms with Crippen LogP contribution in [0, 0.1) is 11.8 Å². The number of ether oxygens (including phenoxy) is 1. The van der Waals surface area contributed by atoms with E-state index in [-0.39, 0.29) is 5.75 Å². The maximum atomic E-state index is 10.7. The van der Waals surface area contributed by atoms with Gasteiger partial charge in [-0.25, -0.2) is 9.98 Å². The van der Waals surface area contributed by atoms with Gasteiger partial charge in [0.1, 0.15) is 5.75 Å². The fourth-order valence-corrected chi connectivity index (χ4v) is 4.89. The fourth-order valence-electron chi connectivity index (χ4n) is 4.89. The van der Waals surface area contributed by atoms with Gasteiger partial charge in [-0.15, -0.1) is 0 Å². The molecule has 2 aliphatic heterocycles. The summed E-state index contributed by atoms with van der Waals surface area (Å²) in [5.41, 5.74) is 9.62. The molecule has 31 heavy (non-hydrogen) atoms. The van der Waals surface area contributed by atoms with Crippen molar-refractivity contribution in [1.29, 1.82) is 0 Å². The van der Waals surface area contributed by atoms with Crippen molar-refractivity contribution < 1.29 is 9.84 Å². The first kappa shape index (κ1) is 19.7. The summed E-state index contributed by atoms with van der Waals surface area (Å²) in [6.45, 7) is 2.28. The van der Waals surface area contributed by atoms with Gasteiger partial charge >= 0.3 is 0 Å². The van der Waals surface area contributed by atoms with E-state index in [0.29, 0.717) is 17.5 Å². The van der Waals surface area contributed by atoms with Crippen LogP contribution < -0.4 is 20.9 Å². The molecule has 3 atom stereocenters. The Labute approximate surface area is 182 Å². The van der Waals surface area contributed by atoms with Gasteiger partial charge in [-0.05, 0) is 67.1 Å². The number of guanidine groups is 1. The number of nitrogens with zero attached hydrogens (tertiary/aromatic N) is 3. The lowest BCUT2D eigenvalue weighted by atomic mass is 10.0. The van der Waals surface area contributed by atoms with Crippen LogP contribution >= 0.6 is 0 Å². The molecule has 4 N–H and O–H groups in total. The van der Waals surface area contributed by atoms with Crippen molar-refractivity contribution in [3.8, 4) is 22.8 Å². The standard InChI is InChI=1S/C23H28N6O2/c1-29(18-7-16-11-24-12-17(16)8-18)23-26-13-20(27-28-23)19-4-3-14(9-21(19)30)15-5-6-25-22(10-15)31-2/h3-6,9-10,13,16-18,24,27,30H,7-8,11-12H2,1-2H3,(H,26,28)/t16-,17+,18?. The first-order chi connectivity index (χ1) is 15.1. The van der Waals surface area contributed by atoms with Gasteiger partial charge in [0.2, 0.25) is 11.8 Å². The molecule has 162 valence electrons. The number of phenols is 1. The minimum atomic E-state index is 0.178. The van der Waals surface area contributed by atoms with Crippen molar-refractivity contribution in [2.45, 2.75) is 18.9 Å². The third kappa shape index (κ3) is 3.79. The molecule has 0 spiro atoms. The quantitative estimate of drug-likeness (QED) is 0.602. The highest BCUT2D eigenvalue weighted by molar-refractivity contribution is 5.85. The van der Waals surface area contributed by atoms with E-state index in [1.165, 1.54) is 12.8 Å². The summed E-state index contributed by atoms with van der Waals surface area (Å²) in [5, 5.41) is 14.1. The topological polar surface area (TPSA) is 94.0 Å². The summed E-state index contributed by atoms with van der Waals surface area (Å²) in [5.74, 6) is 3.09. The van der Waals surface area contributed by atoms with Crippen LogP contribution in [-0.2, 0) is 0 Å². The number of hydrogen-bond acceptors (Lipinski definition) is 8. The number of hydrogen-bond donors (Lipinski definition) is 4. The molecular weight excluding hydrogens is 392 g/mol. The predicted octanol–water partition coefficient (Wildman–Crippen LogP) is 2.15. The highest BCUT2D eigenvalue weighted by atomic mass is 16.5. The number of nitrogens with one attached hydrogen (secondary N) is 3. The molecule has 3 aliphatic rings. The Bertz CT molecular complexity index is 1020. The van der Waals surface area contributed by atoms with E-state index < -0.39 is 0 Å². The Morgan fingerprint density at radius 3 is 2.52 bits per heavy atom. The van der Waals surface area contributed by atoms with Gasteiger partial charge in [0.15, 0.2) is 0 Å². The van der Waals surface area contributed by atoms with E-state index in [9.17, 15) is 5.11 Å². The van der Waals surface area contributed by atoms with Crippen molar-refractivity contribution in [1.82, 2.24) is 26.1 Å². The number of hydrazine groups is 1. The number of fused-ring (bicyclic) bond motifs is 1. The summed E-state index contributed by atoms with van der Waals surface area (Å²) in [6, 6.07) is 9.81. The molecule has 1 aliphatic carbocycles. The summed E-state index contributed by atoms with van der Waals surface area (Å²) < 4.78 is 5.19. The van der Waals surface area contributed by atoms with Gasteiger partial charge in [0.25, 0.3) is 0 Å². The minimum Gasteiger partial charge on any atom is -0.507 e. The van der Waals surface area contributed by atoms with Crippen LogP contribution in [0.15, 0.2) is 47.7 Å². The number of aromatic hydroxyl groups is 1. The van der Waals surface area contributed by atoms with Gasteiger partial charge in [-0.2, -0.15) is 0 Å². The average molecular weight is 421 g/mol. The summed E-state index contributed by atoms with van der Waals surface area (Å²) in [4.78, 5) is 11.0. The molecule has 1 aromatic carbocycles. The molecule has 1 unspecified atom stereocenters. The second-order valence-corrected chi connectivity index (χ2v) is 8.48. The lowest BCUT2D eigenvalue weighted by Gasteiger charge is -2.31. The number of pyridine rings is 1.